The number of carbonyl (C=O) groups excluding carboxylic acids is 1. The van der Waals surface area contributed by atoms with E-state index in [4.69, 9.17) is 0 Å². The maximum absolute atomic E-state index is 14.7. The third-order valence-electron chi connectivity index (χ3n) is 6.63. The molecule has 34 heavy (non-hydrogen) atoms. The van der Waals surface area contributed by atoms with Crippen molar-refractivity contribution in [1.82, 2.24) is 20.2 Å². The lowest BCUT2D eigenvalue weighted by molar-refractivity contribution is 0.0928. The molecule has 2 aromatic heterocycles. The van der Waals surface area contributed by atoms with Crippen LogP contribution < -0.4 is 20.9 Å². The molecule has 0 bridgehead atoms. The van der Waals surface area contributed by atoms with Crippen LogP contribution in [0.4, 0.5) is 20.3 Å². The van der Waals surface area contributed by atoms with Crippen LogP contribution in [-0.4, -0.2) is 54.7 Å². The second kappa shape index (κ2) is 8.25. The molecule has 1 fully saturated rings. The zero-order chi connectivity index (χ0) is 23.2. The molecule has 0 aliphatic carbocycles. The first-order valence-corrected chi connectivity index (χ1v) is 11.5. The number of hydrogen-bond donors (Lipinski definition) is 3. The monoisotopic (exact) mass is 462 g/mol. The van der Waals surface area contributed by atoms with Crippen LogP contribution in [-0.2, 0) is 6.54 Å². The number of piperazine rings is 1. The summed E-state index contributed by atoms with van der Waals surface area (Å²) < 4.78 is 31.3. The molecule has 9 heteroatoms. The van der Waals surface area contributed by atoms with Crippen LogP contribution in [0.3, 0.4) is 0 Å². The van der Waals surface area contributed by atoms with Crippen molar-refractivity contribution in [1.29, 1.82) is 0 Å². The lowest BCUT2D eigenvalue weighted by atomic mass is 9.94. The standard InChI is InChI=1S/C25H24F2N6O/c26-20-10-15(11-21(23(20)27)32-6-3-28-4-7-32)16-9-19-18(1-2-29-24(19)31-13-16)17-12-22-25(34)30-5-8-33(22)14-17/h1,9-14,28H,2-8H2,(H,29,31)(H,30,34). The number of fused-ring (bicyclic) bond motifs is 2. The third-order valence-corrected chi connectivity index (χ3v) is 6.63. The summed E-state index contributed by atoms with van der Waals surface area (Å²) in [7, 11) is 0. The molecule has 1 aromatic carbocycles. The summed E-state index contributed by atoms with van der Waals surface area (Å²) in [6.07, 6.45) is 5.73. The Labute approximate surface area is 195 Å². The first-order chi connectivity index (χ1) is 16.6. The number of benzene rings is 1. The molecule has 0 spiro atoms. The van der Waals surface area contributed by atoms with Crippen LogP contribution in [0, 0.1) is 11.6 Å². The highest BCUT2D eigenvalue weighted by Gasteiger charge is 2.24. The highest BCUT2D eigenvalue weighted by atomic mass is 19.2. The topological polar surface area (TPSA) is 74.2 Å². The van der Waals surface area contributed by atoms with Gasteiger partial charge in [-0.3, -0.25) is 4.79 Å². The van der Waals surface area contributed by atoms with Crippen molar-refractivity contribution in [3.8, 4) is 11.1 Å². The van der Waals surface area contributed by atoms with Gasteiger partial charge >= 0.3 is 0 Å². The maximum atomic E-state index is 14.7. The van der Waals surface area contributed by atoms with Gasteiger partial charge in [0.25, 0.3) is 5.91 Å². The Kier molecular flexibility index (Phi) is 5.06. The molecule has 3 aliphatic rings. The van der Waals surface area contributed by atoms with Gasteiger partial charge in [0, 0.05) is 74.9 Å². The van der Waals surface area contributed by atoms with Gasteiger partial charge in [-0.2, -0.15) is 0 Å². The van der Waals surface area contributed by atoms with Crippen LogP contribution in [0.5, 0.6) is 0 Å². The van der Waals surface area contributed by atoms with Gasteiger partial charge in [0.05, 0.1) is 5.69 Å². The van der Waals surface area contributed by atoms with E-state index in [-0.39, 0.29) is 11.6 Å². The van der Waals surface area contributed by atoms with E-state index >= 15 is 0 Å². The fraction of sp³-hybridized carbons (Fsp3) is 0.280. The second-order valence-electron chi connectivity index (χ2n) is 8.71. The quantitative estimate of drug-likeness (QED) is 0.558. The van der Waals surface area contributed by atoms with Crippen molar-refractivity contribution < 1.29 is 13.6 Å². The van der Waals surface area contributed by atoms with Crippen LogP contribution in [0.15, 0.2) is 42.7 Å². The van der Waals surface area contributed by atoms with Crippen molar-refractivity contribution in [2.24, 2.45) is 0 Å². The SMILES string of the molecule is O=C1NCCn2cc(C3=CCNc4ncc(-c5cc(F)c(F)c(N6CCNCC6)c5)cc43)cc21. The first-order valence-electron chi connectivity index (χ1n) is 11.5. The van der Waals surface area contributed by atoms with Gasteiger partial charge in [0.15, 0.2) is 11.6 Å². The molecule has 1 amide bonds. The Balaban J connectivity index is 1.41. The molecule has 174 valence electrons. The van der Waals surface area contributed by atoms with E-state index in [0.717, 1.165) is 42.2 Å². The zero-order valence-electron chi connectivity index (χ0n) is 18.5. The molecule has 3 aliphatic heterocycles. The van der Waals surface area contributed by atoms with Crippen LogP contribution in [0.2, 0.25) is 0 Å². The molecule has 3 N–H and O–H groups in total. The Morgan fingerprint density at radius 2 is 1.76 bits per heavy atom. The summed E-state index contributed by atoms with van der Waals surface area (Å²) >= 11 is 0. The summed E-state index contributed by atoms with van der Waals surface area (Å²) in [4.78, 5) is 18.7. The van der Waals surface area contributed by atoms with Gasteiger partial charge < -0.3 is 25.4 Å². The molecule has 7 nitrogen and oxygen atoms in total. The molecule has 0 radical (unpaired) electrons. The van der Waals surface area contributed by atoms with Crippen LogP contribution in [0.25, 0.3) is 16.7 Å². The fourth-order valence-electron chi connectivity index (χ4n) is 4.89. The zero-order valence-corrected chi connectivity index (χ0v) is 18.5. The van der Waals surface area contributed by atoms with Gasteiger partial charge in [-0.1, -0.05) is 6.08 Å². The number of aromatic nitrogens is 2. The summed E-state index contributed by atoms with van der Waals surface area (Å²) in [5.41, 5.74) is 4.93. The largest absolute Gasteiger partial charge is 0.367 e. The number of carbonyl (C=O) groups is 1. The summed E-state index contributed by atoms with van der Waals surface area (Å²) in [6.45, 7) is 4.63. The number of amides is 1. The van der Waals surface area contributed by atoms with E-state index < -0.39 is 11.6 Å². The van der Waals surface area contributed by atoms with E-state index in [1.807, 2.05) is 27.8 Å². The normalized spacial score (nSPS) is 17.4. The molecule has 3 aromatic rings. The number of rotatable bonds is 3. The molecule has 0 atom stereocenters. The number of halogens is 2. The van der Waals surface area contributed by atoms with Crippen molar-refractivity contribution in [2.75, 3.05) is 49.5 Å². The lowest BCUT2D eigenvalue weighted by Crippen LogP contribution is -2.44. The molecule has 0 saturated carbocycles. The predicted octanol–water partition coefficient (Wildman–Crippen LogP) is 2.84. The predicted molar refractivity (Wildman–Crippen MR) is 127 cm³/mol. The molecular formula is C25H24F2N6O. The van der Waals surface area contributed by atoms with E-state index in [1.54, 1.807) is 12.3 Å². The van der Waals surface area contributed by atoms with Gasteiger partial charge in [0.1, 0.15) is 11.5 Å². The summed E-state index contributed by atoms with van der Waals surface area (Å²) in [5, 5.41) is 9.37. The van der Waals surface area contributed by atoms with Gasteiger partial charge in [-0.25, -0.2) is 13.8 Å². The highest BCUT2D eigenvalue weighted by Crippen LogP contribution is 2.36. The number of nitrogens with zero attached hydrogens (tertiary/aromatic N) is 3. The Bertz CT molecular complexity index is 1330. The van der Waals surface area contributed by atoms with Gasteiger partial charge in [-0.05, 0) is 35.4 Å². The van der Waals surface area contributed by atoms with Crippen LogP contribution in [0.1, 0.15) is 21.6 Å². The molecular weight excluding hydrogens is 438 g/mol. The Morgan fingerprint density at radius 1 is 0.912 bits per heavy atom. The van der Waals surface area contributed by atoms with Crippen molar-refractivity contribution >= 4 is 23.0 Å². The minimum Gasteiger partial charge on any atom is -0.367 e. The van der Waals surface area contributed by atoms with E-state index in [1.165, 1.54) is 6.07 Å². The van der Waals surface area contributed by atoms with E-state index in [9.17, 15) is 13.6 Å². The highest BCUT2D eigenvalue weighted by molar-refractivity contribution is 5.96. The smallest absolute Gasteiger partial charge is 0.267 e. The first kappa shape index (κ1) is 20.9. The van der Waals surface area contributed by atoms with Crippen molar-refractivity contribution in [2.45, 2.75) is 6.54 Å². The molecule has 5 heterocycles. The average Bonchev–Trinajstić information content (AvgIpc) is 3.31. The third kappa shape index (κ3) is 3.52. The molecule has 1 saturated heterocycles. The van der Waals surface area contributed by atoms with E-state index in [0.29, 0.717) is 43.0 Å². The average molecular weight is 463 g/mol. The summed E-state index contributed by atoms with van der Waals surface area (Å²) in [5.74, 6) is -1.05. The lowest BCUT2D eigenvalue weighted by Gasteiger charge is -2.30. The Morgan fingerprint density at radius 3 is 2.59 bits per heavy atom. The van der Waals surface area contributed by atoms with E-state index in [2.05, 4.69) is 27.0 Å². The van der Waals surface area contributed by atoms with Crippen molar-refractivity contribution in [3.05, 3.63) is 71.2 Å². The second-order valence-corrected chi connectivity index (χ2v) is 8.71. The van der Waals surface area contributed by atoms with Crippen molar-refractivity contribution in [3.63, 3.8) is 0 Å². The van der Waals surface area contributed by atoms with Gasteiger partial charge in [0.2, 0.25) is 0 Å². The number of pyridine rings is 1. The molecule has 6 rings (SSSR count). The number of anilines is 2. The minimum atomic E-state index is -0.872. The fourth-order valence-corrected chi connectivity index (χ4v) is 4.89. The summed E-state index contributed by atoms with van der Waals surface area (Å²) in [6, 6.07) is 6.77. The minimum absolute atomic E-state index is 0.0821. The van der Waals surface area contributed by atoms with Crippen LogP contribution >= 0.6 is 0 Å². The van der Waals surface area contributed by atoms with Gasteiger partial charge in [-0.15, -0.1) is 0 Å². The number of hydrogen-bond acceptors (Lipinski definition) is 5. The molecule has 0 unspecified atom stereocenters. The number of nitrogens with one attached hydrogen (secondary N) is 3. The Hall–Kier alpha value is -3.72. The maximum Gasteiger partial charge on any atom is 0.267 e.